The Balaban J connectivity index is 2.93. The molecule has 13 heavy (non-hydrogen) atoms. The van der Waals surface area contributed by atoms with Crippen molar-refractivity contribution in [2.75, 3.05) is 11.9 Å². The Hall–Kier alpha value is -1.75. The van der Waals surface area contributed by atoms with Crippen molar-refractivity contribution in [1.29, 1.82) is 5.26 Å². The standard InChI is InChI=1S/C11H12N2/c1-3-10(9-12)13(2)11-7-5-4-6-8-11/h3-8H,1-2H3. The van der Waals surface area contributed by atoms with E-state index >= 15 is 0 Å². The van der Waals surface area contributed by atoms with Crippen LogP contribution < -0.4 is 4.90 Å². The molecule has 0 fully saturated rings. The number of allylic oxidation sites excluding steroid dienone is 2. The van der Waals surface area contributed by atoms with Gasteiger partial charge in [-0.25, -0.2) is 0 Å². The van der Waals surface area contributed by atoms with Gasteiger partial charge in [0.05, 0.1) is 0 Å². The van der Waals surface area contributed by atoms with E-state index in [9.17, 15) is 0 Å². The zero-order valence-corrected chi connectivity index (χ0v) is 7.86. The van der Waals surface area contributed by atoms with Crippen molar-refractivity contribution in [2.24, 2.45) is 0 Å². The van der Waals surface area contributed by atoms with Crippen LogP contribution in [0.3, 0.4) is 0 Å². The second kappa shape index (κ2) is 4.32. The number of rotatable bonds is 2. The molecule has 0 amide bonds. The molecule has 2 nitrogen and oxygen atoms in total. The number of para-hydroxylation sites is 1. The maximum atomic E-state index is 8.80. The normalized spacial score (nSPS) is 10.7. The van der Waals surface area contributed by atoms with Gasteiger partial charge in [-0.1, -0.05) is 24.3 Å². The molecule has 0 radical (unpaired) electrons. The monoisotopic (exact) mass is 172 g/mol. The van der Waals surface area contributed by atoms with Crippen molar-refractivity contribution in [2.45, 2.75) is 6.92 Å². The van der Waals surface area contributed by atoms with Crippen molar-refractivity contribution in [3.05, 3.63) is 42.1 Å². The van der Waals surface area contributed by atoms with Crippen LogP contribution in [0.1, 0.15) is 6.92 Å². The highest BCUT2D eigenvalue weighted by Crippen LogP contribution is 2.15. The maximum absolute atomic E-state index is 8.80. The van der Waals surface area contributed by atoms with E-state index in [2.05, 4.69) is 6.07 Å². The van der Waals surface area contributed by atoms with Gasteiger partial charge >= 0.3 is 0 Å². The molecule has 0 saturated carbocycles. The van der Waals surface area contributed by atoms with Crippen LogP contribution >= 0.6 is 0 Å². The average molecular weight is 172 g/mol. The lowest BCUT2D eigenvalue weighted by Gasteiger charge is -2.17. The minimum absolute atomic E-state index is 0.659. The van der Waals surface area contributed by atoms with Crippen LogP contribution in [0.2, 0.25) is 0 Å². The largest absolute Gasteiger partial charge is 0.336 e. The van der Waals surface area contributed by atoms with E-state index in [0.717, 1.165) is 5.69 Å². The highest BCUT2D eigenvalue weighted by Gasteiger charge is 2.03. The first-order chi connectivity index (χ1) is 6.29. The molecule has 0 bridgehead atoms. The maximum Gasteiger partial charge on any atom is 0.117 e. The lowest BCUT2D eigenvalue weighted by atomic mass is 10.3. The Morgan fingerprint density at radius 3 is 2.46 bits per heavy atom. The molecular weight excluding hydrogens is 160 g/mol. The minimum atomic E-state index is 0.659. The number of hydrogen-bond acceptors (Lipinski definition) is 2. The second-order valence-electron chi connectivity index (χ2n) is 2.68. The van der Waals surface area contributed by atoms with Crippen LogP contribution in [0.4, 0.5) is 5.69 Å². The fourth-order valence-corrected chi connectivity index (χ4v) is 1.12. The summed E-state index contributed by atoms with van der Waals surface area (Å²) < 4.78 is 0. The summed E-state index contributed by atoms with van der Waals surface area (Å²) in [4.78, 5) is 1.86. The quantitative estimate of drug-likeness (QED) is 0.641. The Morgan fingerprint density at radius 1 is 1.38 bits per heavy atom. The zero-order valence-electron chi connectivity index (χ0n) is 7.86. The molecule has 1 aromatic rings. The molecule has 0 spiro atoms. The van der Waals surface area contributed by atoms with Gasteiger partial charge in [0.25, 0.3) is 0 Å². The van der Waals surface area contributed by atoms with Crippen molar-refractivity contribution in [3.8, 4) is 6.07 Å². The zero-order chi connectivity index (χ0) is 9.68. The van der Waals surface area contributed by atoms with Crippen LogP contribution in [0.25, 0.3) is 0 Å². The van der Waals surface area contributed by atoms with Crippen LogP contribution in [0.15, 0.2) is 42.1 Å². The predicted molar refractivity (Wildman–Crippen MR) is 54.2 cm³/mol. The molecule has 0 heterocycles. The Morgan fingerprint density at radius 2 is 2.00 bits per heavy atom. The van der Waals surface area contributed by atoms with Gasteiger partial charge < -0.3 is 4.90 Å². The van der Waals surface area contributed by atoms with Gasteiger partial charge in [0.15, 0.2) is 0 Å². The van der Waals surface area contributed by atoms with Gasteiger partial charge in [-0.3, -0.25) is 0 Å². The third-order valence-corrected chi connectivity index (χ3v) is 1.89. The first kappa shape index (κ1) is 9.34. The van der Waals surface area contributed by atoms with E-state index in [1.165, 1.54) is 0 Å². The van der Waals surface area contributed by atoms with Crippen LogP contribution in [0.5, 0.6) is 0 Å². The predicted octanol–water partition coefficient (Wildman–Crippen LogP) is 2.55. The molecular formula is C11H12N2. The molecule has 2 heteroatoms. The number of nitrogens with zero attached hydrogens (tertiary/aromatic N) is 2. The molecule has 1 aromatic carbocycles. The van der Waals surface area contributed by atoms with Gasteiger partial charge in [-0.15, -0.1) is 0 Å². The second-order valence-corrected chi connectivity index (χ2v) is 2.68. The molecule has 0 unspecified atom stereocenters. The first-order valence-electron chi connectivity index (χ1n) is 4.14. The number of anilines is 1. The van der Waals surface area contributed by atoms with E-state index in [1.807, 2.05) is 49.2 Å². The summed E-state index contributed by atoms with van der Waals surface area (Å²) in [5, 5.41) is 8.80. The van der Waals surface area contributed by atoms with Crippen LogP contribution in [-0.2, 0) is 0 Å². The summed E-state index contributed by atoms with van der Waals surface area (Å²) in [5.74, 6) is 0. The van der Waals surface area contributed by atoms with E-state index in [0.29, 0.717) is 5.70 Å². The smallest absolute Gasteiger partial charge is 0.117 e. The molecule has 0 N–H and O–H groups in total. The van der Waals surface area contributed by atoms with Crippen LogP contribution in [-0.4, -0.2) is 7.05 Å². The van der Waals surface area contributed by atoms with E-state index in [1.54, 1.807) is 6.08 Å². The molecule has 0 aliphatic carbocycles. The van der Waals surface area contributed by atoms with Gasteiger partial charge in [0, 0.05) is 12.7 Å². The van der Waals surface area contributed by atoms with Crippen molar-refractivity contribution < 1.29 is 0 Å². The fraction of sp³-hybridized carbons (Fsp3) is 0.182. The summed E-state index contributed by atoms with van der Waals surface area (Å²) in [6, 6.07) is 12.0. The average Bonchev–Trinajstić information content (AvgIpc) is 2.21. The topological polar surface area (TPSA) is 27.0 Å². The van der Waals surface area contributed by atoms with E-state index in [-0.39, 0.29) is 0 Å². The van der Waals surface area contributed by atoms with Crippen molar-refractivity contribution in [3.63, 3.8) is 0 Å². The summed E-state index contributed by atoms with van der Waals surface area (Å²) in [7, 11) is 1.88. The van der Waals surface area contributed by atoms with Gasteiger partial charge in [-0.2, -0.15) is 5.26 Å². The summed E-state index contributed by atoms with van der Waals surface area (Å²) in [5.41, 5.74) is 1.68. The lowest BCUT2D eigenvalue weighted by Crippen LogP contribution is -2.14. The number of nitriles is 1. The number of hydrogen-bond donors (Lipinski definition) is 0. The first-order valence-corrected chi connectivity index (χ1v) is 4.14. The third-order valence-electron chi connectivity index (χ3n) is 1.89. The summed E-state index contributed by atoms with van der Waals surface area (Å²) >= 11 is 0. The molecule has 0 saturated heterocycles. The summed E-state index contributed by atoms with van der Waals surface area (Å²) in [6.45, 7) is 1.86. The highest BCUT2D eigenvalue weighted by molar-refractivity contribution is 5.54. The van der Waals surface area contributed by atoms with E-state index < -0.39 is 0 Å². The third kappa shape index (κ3) is 2.09. The molecule has 0 atom stereocenters. The summed E-state index contributed by atoms with van der Waals surface area (Å²) in [6.07, 6.45) is 1.80. The van der Waals surface area contributed by atoms with Gasteiger partial charge in [0.1, 0.15) is 11.8 Å². The fourth-order valence-electron chi connectivity index (χ4n) is 1.12. The Labute approximate surface area is 78.7 Å². The SMILES string of the molecule is CC=C(C#N)N(C)c1ccccc1. The Kier molecular flexibility index (Phi) is 3.10. The molecule has 0 aromatic heterocycles. The van der Waals surface area contributed by atoms with E-state index in [4.69, 9.17) is 5.26 Å². The van der Waals surface area contributed by atoms with Gasteiger partial charge in [0.2, 0.25) is 0 Å². The highest BCUT2D eigenvalue weighted by atomic mass is 15.1. The van der Waals surface area contributed by atoms with Crippen molar-refractivity contribution in [1.82, 2.24) is 0 Å². The molecule has 0 aliphatic heterocycles. The Bertz CT molecular complexity index is 333. The van der Waals surface area contributed by atoms with Crippen molar-refractivity contribution >= 4 is 5.69 Å². The molecule has 0 aliphatic rings. The van der Waals surface area contributed by atoms with Gasteiger partial charge in [-0.05, 0) is 19.1 Å². The molecule has 66 valence electrons. The number of benzene rings is 1. The van der Waals surface area contributed by atoms with Crippen LogP contribution in [0, 0.1) is 11.3 Å². The minimum Gasteiger partial charge on any atom is -0.336 e. The lowest BCUT2D eigenvalue weighted by molar-refractivity contribution is 1.13. The molecule has 1 rings (SSSR count).